The Bertz CT molecular complexity index is 1110. The summed E-state index contributed by atoms with van der Waals surface area (Å²) < 4.78 is 85.9. The van der Waals surface area contributed by atoms with E-state index in [2.05, 4.69) is 0 Å². The largest absolute Gasteiger partial charge is 0.404 e. The second-order valence-corrected chi connectivity index (χ2v) is 10.6. The Labute approximate surface area is 173 Å². The van der Waals surface area contributed by atoms with E-state index in [1.165, 1.54) is 18.2 Å². The van der Waals surface area contributed by atoms with Gasteiger partial charge in [0, 0.05) is 14.8 Å². The van der Waals surface area contributed by atoms with E-state index in [4.69, 9.17) is 28.3 Å². The SMILES string of the molecule is NS(=O)(=O)c1ccc(NS(=O)(=O)CC(F)(F)F)c(Sc2ccc(Cl)cc2Cl)c1. The predicted molar refractivity (Wildman–Crippen MR) is 102 cm³/mol. The molecule has 0 aliphatic rings. The molecule has 0 saturated heterocycles. The van der Waals surface area contributed by atoms with Gasteiger partial charge in [-0.3, -0.25) is 4.72 Å². The third-order valence-electron chi connectivity index (χ3n) is 3.01. The van der Waals surface area contributed by atoms with Gasteiger partial charge in [-0.05, 0) is 36.4 Å². The highest BCUT2D eigenvalue weighted by Gasteiger charge is 2.35. The van der Waals surface area contributed by atoms with Crippen molar-refractivity contribution < 1.29 is 30.0 Å². The number of halogens is 5. The molecule has 3 N–H and O–H groups in total. The zero-order valence-corrected chi connectivity index (χ0v) is 17.5. The minimum absolute atomic E-state index is 0.0264. The van der Waals surface area contributed by atoms with Crippen LogP contribution in [0.1, 0.15) is 0 Å². The van der Waals surface area contributed by atoms with Crippen LogP contribution in [0.15, 0.2) is 51.1 Å². The molecule has 0 aromatic heterocycles. The summed E-state index contributed by atoms with van der Waals surface area (Å²) in [5.41, 5.74) is -0.271. The molecule has 0 fully saturated rings. The summed E-state index contributed by atoms with van der Waals surface area (Å²) >= 11 is 12.7. The maximum atomic E-state index is 12.5. The fourth-order valence-electron chi connectivity index (χ4n) is 1.94. The normalized spacial score (nSPS) is 12.8. The summed E-state index contributed by atoms with van der Waals surface area (Å²) in [6, 6.07) is 7.34. The highest BCUT2D eigenvalue weighted by Crippen LogP contribution is 2.39. The van der Waals surface area contributed by atoms with E-state index in [0.29, 0.717) is 9.92 Å². The van der Waals surface area contributed by atoms with Crippen LogP contribution >= 0.6 is 35.0 Å². The number of primary sulfonamides is 1. The predicted octanol–water partition coefficient (Wildman–Crippen LogP) is 4.10. The Kier molecular flexibility index (Phi) is 6.83. The fraction of sp³-hybridized carbons (Fsp3) is 0.143. The first-order valence-electron chi connectivity index (χ1n) is 7.03. The third-order valence-corrected chi connectivity index (χ3v) is 6.96. The van der Waals surface area contributed by atoms with Gasteiger partial charge < -0.3 is 0 Å². The van der Waals surface area contributed by atoms with Crippen molar-refractivity contribution >= 4 is 60.7 Å². The number of hydrogen-bond acceptors (Lipinski definition) is 5. The minimum atomic E-state index is -4.96. The highest BCUT2D eigenvalue weighted by molar-refractivity contribution is 7.99. The fourth-order valence-corrected chi connectivity index (χ4v) is 5.11. The lowest BCUT2D eigenvalue weighted by Crippen LogP contribution is -2.28. The summed E-state index contributed by atoms with van der Waals surface area (Å²) in [4.78, 5) is -0.0331. The maximum Gasteiger partial charge on any atom is 0.404 e. The maximum absolute atomic E-state index is 12.5. The van der Waals surface area contributed by atoms with Crippen LogP contribution < -0.4 is 9.86 Å². The Balaban J connectivity index is 2.50. The molecule has 0 unspecified atom stereocenters. The van der Waals surface area contributed by atoms with Crippen molar-refractivity contribution in [2.75, 3.05) is 10.5 Å². The van der Waals surface area contributed by atoms with Crippen LogP contribution in [0.3, 0.4) is 0 Å². The van der Waals surface area contributed by atoms with Gasteiger partial charge in [-0.1, -0.05) is 35.0 Å². The second-order valence-electron chi connectivity index (χ2n) is 5.36. The lowest BCUT2D eigenvalue weighted by Gasteiger charge is -2.15. The van der Waals surface area contributed by atoms with E-state index in [9.17, 15) is 30.0 Å². The lowest BCUT2D eigenvalue weighted by atomic mass is 10.3. The van der Waals surface area contributed by atoms with Crippen LogP contribution in [0.4, 0.5) is 18.9 Å². The van der Waals surface area contributed by atoms with Crippen molar-refractivity contribution in [2.24, 2.45) is 5.14 Å². The summed E-state index contributed by atoms with van der Waals surface area (Å²) in [6.07, 6.45) is -4.96. The Hall–Kier alpha value is -1.18. The first-order chi connectivity index (χ1) is 12.7. The number of alkyl halides is 3. The number of nitrogens with two attached hydrogens (primary N) is 1. The number of sulfonamides is 2. The monoisotopic (exact) mass is 494 g/mol. The molecule has 0 spiro atoms. The molecule has 2 aromatic rings. The average Bonchev–Trinajstić information content (AvgIpc) is 2.47. The lowest BCUT2D eigenvalue weighted by molar-refractivity contribution is -0.106. The van der Waals surface area contributed by atoms with E-state index in [1.54, 1.807) is 4.72 Å². The standard InChI is InChI=1S/C14H11Cl2F3N2O4S3/c15-8-1-4-12(10(16)5-8)26-13-6-9(28(20,24)25)2-3-11(13)21-27(22,23)7-14(17,18)19/h1-6,21H,7H2,(H2,20,24,25). The van der Waals surface area contributed by atoms with E-state index in [0.717, 1.165) is 30.0 Å². The van der Waals surface area contributed by atoms with E-state index in [-0.39, 0.29) is 20.5 Å². The Morgan fingerprint density at radius 1 is 1.00 bits per heavy atom. The molecule has 0 atom stereocenters. The van der Waals surface area contributed by atoms with Gasteiger partial charge in [-0.25, -0.2) is 22.0 Å². The summed E-state index contributed by atoms with van der Waals surface area (Å²) in [5.74, 6) is -2.11. The van der Waals surface area contributed by atoms with Crippen molar-refractivity contribution in [3.8, 4) is 0 Å². The molecule has 0 heterocycles. The van der Waals surface area contributed by atoms with Crippen molar-refractivity contribution in [1.82, 2.24) is 0 Å². The zero-order chi connectivity index (χ0) is 21.3. The summed E-state index contributed by atoms with van der Waals surface area (Å²) in [7, 11) is -8.94. The molecule has 0 bridgehead atoms. The van der Waals surface area contributed by atoms with Gasteiger partial charge in [0.2, 0.25) is 20.0 Å². The first-order valence-corrected chi connectivity index (χ1v) is 11.8. The summed E-state index contributed by atoms with van der Waals surface area (Å²) in [5, 5.41) is 5.55. The van der Waals surface area contributed by atoms with Crippen LogP contribution in [-0.4, -0.2) is 28.8 Å². The van der Waals surface area contributed by atoms with Gasteiger partial charge in [0.1, 0.15) is 0 Å². The molecular formula is C14H11Cl2F3N2O4S3. The van der Waals surface area contributed by atoms with E-state index in [1.807, 2.05) is 0 Å². The third kappa shape index (κ3) is 6.71. The molecule has 154 valence electrons. The Morgan fingerprint density at radius 2 is 1.64 bits per heavy atom. The minimum Gasteiger partial charge on any atom is -0.282 e. The number of rotatable bonds is 6. The number of benzene rings is 2. The van der Waals surface area contributed by atoms with Gasteiger partial charge >= 0.3 is 6.18 Å². The number of anilines is 1. The molecule has 28 heavy (non-hydrogen) atoms. The van der Waals surface area contributed by atoms with Gasteiger partial charge in [0.25, 0.3) is 0 Å². The molecule has 0 amide bonds. The molecular weight excluding hydrogens is 484 g/mol. The average molecular weight is 495 g/mol. The van der Waals surface area contributed by atoms with Crippen LogP contribution in [0.5, 0.6) is 0 Å². The zero-order valence-electron chi connectivity index (χ0n) is 13.5. The van der Waals surface area contributed by atoms with Gasteiger partial charge in [0.05, 0.1) is 15.6 Å². The van der Waals surface area contributed by atoms with Crippen LogP contribution in [-0.2, 0) is 20.0 Å². The summed E-state index contributed by atoms with van der Waals surface area (Å²) in [6.45, 7) is 0. The van der Waals surface area contributed by atoms with Gasteiger partial charge in [-0.15, -0.1) is 0 Å². The van der Waals surface area contributed by atoms with Crippen LogP contribution in [0.25, 0.3) is 0 Å². The number of hydrogen-bond donors (Lipinski definition) is 2. The molecule has 2 aromatic carbocycles. The Morgan fingerprint density at radius 3 is 2.18 bits per heavy atom. The topological polar surface area (TPSA) is 106 Å². The first kappa shape index (κ1) is 23.1. The van der Waals surface area contributed by atoms with Crippen molar-refractivity contribution in [3.05, 3.63) is 46.4 Å². The van der Waals surface area contributed by atoms with Crippen molar-refractivity contribution in [2.45, 2.75) is 20.9 Å². The molecule has 0 aliphatic heterocycles. The molecule has 0 radical (unpaired) electrons. The molecule has 0 aliphatic carbocycles. The molecule has 14 heteroatoms. The van der Waals surface area contributed by atoms with Gasteiger partial charge in [0.15, 0.2) is 5.75 Å². The van der Waals surface area contributed by atoms with Crippen LogP contribution in [0, 0.1) is 0 Å². The smallest absolute Gasteiger partial charge is 0.282 e. The molecule has 0 saturated carbocycles. The second kappa shape index (κ2) is 8.28. The quantitative estimate of drug-likeness (QED) is 0.628. The number of nitrogens with one attached hydrogen (secondary N) is 1. The molecule has 2 rings (SSSR count). The van der Waals surface area contributed by atoms with Gasteiger partial charge in [-0.2, -0.15) is 13.2 Å². The van der Waals surface area contributed by atoms with Crippen LogP contribution in [0.2, 0.25) is 10.0 Å². The van der Waals surface area contributed by atoms with E-state index < -0.39 is 32.0 Å². The van der Waals surface area contributed by atoms with Crippen molar-refractivity contribution in [1.29, 1.82) is 0 Å². The van der Waals surface area contributed by atoms with Crippen molar-refractivity contribution in [3.63, 3.8) is 0 Å². The highest BCUT2D eigenvalue weighted by atomic mass is 35.5. The molecule has 6 nitrogen and oxygen atoms in total. The van der Waals surface area contributed by atoms with E-state index >= 15 is 0 Å².